The van der Waals surface area contributed by atoms with Gasteiger partial charge in [-0.15, -0.1) is 0 Å². The van der Waals surface area contributed by atoms with E-state index in [1.165, 1.54) is 4.90 Å². The maximum Gasteiger partial charge on any atom is 0.405 e. The fourth-order valence-electron chi connectivity index (χ4n) is 1.43. The van der Waals surface area contributed by atoms with Crippen LogP contribution in [0.5, 0.6) is 0 Å². The van der Waals surface area contributed by atoms with Gasteiger partial charge in [0.05, 0.1) is 18.8 Å². The van der Waals surface area contributed by atoms with Gasteiger partial charge in [0.25, 0.3) is 0 Å². The van der Waals surface area contributed by atoms with Crippen LogP contribution in [0.3, 0.4) is 0 Å². The molecule has 16 heavy (non-hydrogen) atoms. The first-order valence-corrected chi connectivity index (χ1v) is 4.70. The number of halogens is 3. The molecule has 0 unspecified atom stereocenters. The molecular formula is C8H13F3N2O3. The number of carbonyl (C=O) groups excluding carboxylic acids is 1. The second kappa shape index (κ2) is 4.98. The number of nitrogens with one attached hydrogen (secondary N) is 1. The third-order valence-corrected chi connectivity index (χ3v) is 2.19. The minimum atomic E-state index is -4.43. The Morgan fingerprint density at radius 1 is 1.31 bits per heavy atom. The molecule has 0 aromatic heterocycles. The zero-order valence-electron chi connectivity index (χ0n) is 8.37. The Labute approximate surface area is 89.8 Å². The molecular weight excluding hydrogens is 229 g/mol. The third kappa shape index (κ3) is 4.33. The van der Waals surface area contributed by atoms with Gasteiger partial charge in [0.1, 0.15) is 6.54 Å². The molecule has 94 valence electrons. The second-order valence-corrected chi connectivity index (χ2v) is 3.72. The number of hydrogen-bond donors (Lipinski definition) is 3. The monoisotopic (exact) mass is 242 g/mol. The summed E-state index contributed by atoms with van der Waals surface area (Å²) in [5.41, 5.74) is 0. The number of hydrogen-bond acceptors (Lipinski definition) is 4. The standard InChI is InChI=1S/C8H13F3N2O3/c9-8(10,11)4-12-7(16)3-13-1-5(14)6(15)2-13/h5-6,14-15H,1-4H2,(H,12,16)/t5-,6+. The minimum absolute atomic E-state index is 0.0839. The van der Waals surface area contributed by atoms with Crippen LogP contribution in [0, 0.1) is 0 Å². The van der Waals surface area contributed by atoms with E-state index in [1.54, 1.807) is 5.32 Å². The van der Waals surface area contributed by atoms with Crippen LogP contribution >= 0.6 is 0 Å². The van der Waals surface area contributed by atoms with Crippen molar-refractivity contribution in [1.29, 1.82) is 0 Å². The van der Waals surface area contributed by atoms with Crippen molar-refractivity contribution < 1.29 is 28.2 Å². The molecule has 1 rings (SSSR count). The Hall–Kier alpha value is -0.860. The van der Waals surface area contributed by atoms with Crippen LogP contribution in [0.2, 0.25) is 0 Å². The normalized spacial score (nSPS) is 27.1. The zero-order chi connectivity index (χ0) is 12.3. The van der Waals surface area contributed by atoms with Gasteiger partial charge in [0, 0.05) is 13.1 Å². The van der Waals surface area contributed by atoms with Crippen molar-refractivity contribution >= 4 is 5.91 Å². The van der Waals surface area contributed by atoms with Crippen LogP contribution in [-0.4, -0.2) is 65.6 Å². The van der Waals surface area contributed by atoms with Crippen molar-refractivity contribution in [3.8, 4) is 0 Å². The average molecular weight is 242 g/mol. The van der Waals surface area contributed by atoms with E-state index in [4.69, 9.17) is 10.2 Å². The van der Waals surface area contributed by atoms with Crippen LogP contribution in [0.1, 0.15) is 0 Å². The van der Waals surface area contributed by atoms with Crippen molar-refractivity contribution in [1.82, 2.24) is 10.2 Å². The number of aliphatic hydroxyl groups is 2. The summed E-state index contributed by atoms with van der Waals surface area (Å²) in [6.45, 7) is -1.46. The Bertz CT molecular complexity index is 249. The number of alkyl halides is 3. The first kappa shape index (κ1) is 13.2. The molecule has 1 aliphatic heterocycles. The van der Waals surface area contributed by atoms with Gasteiger partial charge in [-0.2, -0.15) is 13.2 Å². The molecule has 0 spiro atoms. The Morgan fingerprint density at radius 2 is 1.81 bits per heavy atom. The number of aliphatic hydroxyl groups excluding tert-OH is 2. The minimum Gasteiger partial charge on any atom is -0.389 e. The number of β-amino-alcohol motifs (C(OH)–C–C–N with tert-alkyl or cyclic N) is 2. The molecule has 3 N–H and O–H groups in total. The lowest BCUT2D eigenvalue weighted by Crippen LogP contribution is -2.40. The summed E-state index contributed by atoms with van der Waals surface area (Å²) in [4.78, 5) is 12.4. The van der Waals surface area contributed by atoms with E-state index in [9.17, 15) is 18.0 Å². The summed E-state index contributed by atoms with van der Waals surface area (Å²) in [5.74, 6) is -0.779. The van der Waals surface area contributed by atoms with E-state index in [-0.39, 0.29) is 19.6 Å². The maximum absolute atomic E-state index is 11.7. The van der Waals surface area contributed by atoms with E-state index >= 15 is 0 Å². The zero-order valence-corrected chi connectivity index (χ0v) is 8.37. The predicted molar refractivity (Wildman–Crippen MR) is 47.5 cm³/mol. The highest BCUT2D eigenvalue weighted by Crippen LogP contribution is 2.12. The topological polar surface area (TPSA) is 72.8 Å². The number of rotatable bonds is 3. The van der Waals surface area contributed by atoms with Crippen LogP contribution in [0.4, 0.5) is 13.2 Å². The fourth-order valence-corrected chi connectivity index (χ4v) is 1.43. The van der Waals surface area contributed by atoms with Gasteiger partial charge in [0.15, 0.2) is 0 Å². The van der Waals surface area contributed by atoms with Crippen LogP contribution in [0.25, 0.3) is 0 Å². The Balaban J connectivity index is 2.25. The first-order valence-electron chi connectivity index (χ1n) is 4.70. The fraction of sp³-hybridized carbons (Fsp3) is 0.875. The van der Waals surface area contributed by atoms with Crippen LogP contribution < -0.4 is 5.32 Å². The van der Waals surface area contributed by atoms with Gasteiger partial charge < -0.3 is 15.5 Å². The summed E-state index contributed by atoms with van der Waals surface area (Å²) < 4.78 is 35.2. The van der Waals surface area contributed by atoms with Gasteiger partial charge in [-0.3, -0.25) is 9.69 Å². The lowest BCUT2D eigenvalue weighted by atomic mass is 10.3. The van der Waals surface area contributed by atoms with Gasteiger partial charge in [-0.1, -0.05) is 0 Å². The molecule has 0 aliphatic carbocycles. The van der Waals surface area contributed by atoms with E-state index in [0.717, 1.165) is 0 Å². The molecule has 2 atom stereocenters. The van der Waals surface area contributed by atoms with Crippen molar-refractivity contribution in [2.45, 2.75) is 18.4 Å². The molecule has 0 radical (unpaired) electrons. The quantitative estimate of drug-likeness (QED) is 0.575. The molecule has 0 bridgehead atoms. The smallest absolute Gasteiger partial charge is 0.389 e. The summed E-state index contributed by atoms with van der Waals surface area (Å²) in [5, 5.41) is 20.0. The molecule has 1 amide bonds. The van der Waals surface area contributed by atoms with Crippen LogP contribution in [0.15, 0.2) is 0 Å². The molecule has 1 heterocycles. The van der Waals surface area contributed by atoms with Crippen molar-refractivity contribution in [2.24, 2.45) is 0 Å². The first-order chi connectivity index (χ1) is 7.28. The van der Waals surface area contributed by atoms with Crippen molar-refractivity contribution in [3.63, 3.8) is 0 Å². The molecule has 8 heteroatoms. The van der Waals surface area contributed by atoms with Crippen molar-refractivity contribution in [2.75, 3.05) is 26.2 Å². The Kier molecular flexibility index (Phi) is 4.11. The lowest BCUT2D eigenvalue weighted by molar-refractivity contribution is -0.139. The number of carbonyl (C=O) groups is 1. The SMILES string of the molecule is O=C(CN1C[C@@H](O)[C@@H](O)C1)NCC(F)(F)F. The lowest BCUT2D eigenvalue weighted by Gasteiger charge is -2.14. The second-order valence-electron chi connectivity index (χ2n) is 3.72. The summed E-state index contributed by atoms with van der Waals surface area (Å²) in [7, 11) is 0. The Morgan fingerprint density at radius 3 is 2.25 bits per heavy atom. The van der Waals surface area contributed by atoms with E-state index in [1.807, 2.05) is 0 Å². The summed E-state index contributed by atoms with van der Waals surface area (Å²) in [6.07, 6.45) is -6.33. The average Bonchev–Trinajstić information content (AvgIpc) is 2.41. The number of likely N-dealkylation sites (tertiary alicyclic amines) is 1. The van der Waals surface area contributed by atoms with Gasteiger partial charge >= 0.3 is 6.18 Å². The molecule has 0 aromatic carbocycles. The third-order valence-electron chi connectivity index (χ3n) is 2.19. The molecule has 0 aromatic rings. The molecule has 5 nitrogen and oxygen atoms in total. The van der Waals surface area contributed by atoms with Crippen molar-refractivity contribution in [3.05, 3.63) is 0 Å². The highest BCUT2D eigenvalue weighted by atomic mass is 19.4. The highest BCUT2D eigenvalue weighted by molar-refractivity contribution is 5.78. The van der Waals surface area contributed by atoms with E-state index in [2.05, 4.69) is 0 Å². The van der Waals surface area contributed by atoms with E-state index in [0.29, 0.717) is 0 Å². The number of amides is 1. The summed E-state index contributed by atoms with van der Waals surface area (Å²) in [6, 6.07) is 0. The predicted octanol–water partition coefficient (Wildman–Crippen LogP) is -1.30. The van der Waals surface area contributed by atoms with Gasteiger partial charge in [-0.05, 0) is 0 Å². The van der Waals surface area contributed by atoms with Gasteiger partial charge in [0.2, 0.25) is 5.91 Å². The molecule has 1 aliphatic rings. The molecule has 1 fully saturated rings. The van der Waals surface area contributed by atoms with Crippen LogP contribution in [-0.2, 0) is 4.79 Å². The largest absolute Gasteiger partial charge is 0.405 e. The van der Waals surface area contributed by atoms with E-state index < -0.39 is 30.8 Å². The number of nitrogens with zero attached hydrogens (tertiary/aromatic N) is 1. The molecule has 0 saturated carbocycles. The van der Waals surface area contributed by atoms with Gasteiger partial charge in [-0.25, -0.2) is 0 Å². The summed E-state index contributed by atoms with van der Waals surface area (Å²) >= 11 is 0. The maximum atomic E-state index is 11.7. The molecule has 1 saturated heterocycles. The highest BCUT2D eigenvalue weighted by Gasteiger charge is 2.32.